The maximum Gasteiger partial charge on any atom is 0.414 e. The number of nitrogens with one attached hydrogen (secondary N) is 1. The molecule has 2 heterocycles. The van der Waals surface area contributed by atoms with E-state index in [2.05, 4.69) is 15.6 Å². The van der Waals surface area contributed by atoms with Crippen LogP contribution in [0, 0.1) is 5.82 Å². The second kappa shape index (κ2) is 14.3. The molecule has 1 fully saturated rings. The predicted octanol–water partition coefficient (Wildman–Crippen LogP) is 5.81. The Morgan fingerprint density at radius 1 is 1.00 bits per heavy atom. The zero-order chi connectivity index (χ0) is 32.8. The lowest BCUT2D eigenvalue weighted by molar-refractivity contribution is -0.116. The molecule has 1 saturated heterocycles. The average Bonchev–Trinajstić information content (AvgIpc) is 3.69. The molecule has 6 rings (SSSR count). The van der Waals surface area contributed by atoms with Gasteiger partial charge in [0.25, 0.3) is 0 Å². The molecular formula is C36H35FN6O4. The summed E-state index contributed by atoms with van der Waals surface area (Å²) in [6.45, 7) is 3.67. The van der Waals surface area contributed by atoms with Crippen molar-refractivity contribution in [3.8, 4) is 16.9 Å². The van der Waals surface area contributed by atoms with Crippen LogP contribution in [0.5, 0.6) is 5.75 Å². The highest BCUT2D eigenvalue weighted by Crippen LogP contribution is 2.30. The molecule has 1 aliphatic heterocycles. The number of amides is 2. The first kappa shape index (κ1) is 31.4. The summed E-state index contributed by atoms with van der Waals surface area (Å²) in [6, 6.07) is 29.5. The molecule has 0 radical (unpaired) electrons. The van der Waals surface area contributed by atoms with E-state index in [1.807, 2.05) is 83.5 Å². The van der Waals surface area contributed by atoms with Gasteiger partial charge in [0.2, 0.25) is 5.91 Å². The average molecular weight is 635 g/mol. The fraction of sp³-hybridized carbons (Fsp3) is 0.222. The molecule has 47 heavy (non-hydrogen) atoms. The van der Waals surface area contributed by atoms with E-state index < -0.39 is 18.0 Å². The van der Waals surface area contributed by atoms with Crippen LogP contribution in [-0.2, 0) is 29.2 Å². The van der Waals surface area contributed by atoms with Gasteiger partial charge in [0.1, 0.15) is 17.7 Å². The number of halogens is 1. The van der Waals surface area contributed by atoms with Gasteiger partial charge in [-0.15, -0.1) is 5.10 Å². The fourth-order valence-corrected chi connectivity index (χ4v) is 5.55. The first-order chi connectivity index (χ1) is 22.9. The van der Waals surface area contributed by atoms with Gasteiger partial charge in [-0.2, -0.15) is 0 Å². The third-order valence-corrected chi connectivity index (χ3v) is 8.06. The number of benzene rings is 4. The van der Waals surface area contributed by atoms with E-state index >= 15 is 4.39 Å². The zero-order valence-corrected chi connectivity index (χ0v) is 26.2. The Hall–Kier alpha value is -5.55. The highest BCUT2D eigenvalue weighted by atomic mass is 19.1. The number of cyclic esters (lactones) is 1. The molecule has 0 saturated carbocycles. The van der Waals surface area contributed by atoms with Crippen molar-refractivity contribution in [1.82, 2.24) is 20.3 Å². The number of hydrogen-bond donors (Lipinski definition) is 1. The quantitative estimate of drug-likeness (QED) is 0.185. The Morgan fingerprint density at radius 2 is 1.74 bits per heavy atom. The lowest BCUT2D eigenvalue weighted by Crippen LogP contribution is -2.38. The second-order valence-corrected chi connectivity index (χ2v) is 11.3. The summed E-state index contributed by atoms with van der Waals surface area (Å²) in [5, 5.41) is 11.7. The van der Waals surface area contributed by atoms with Crippen LogP contribution in [-0.4, -0.2) is 53.3 Å². The third kappa shape index (κ3) is 7.47. The summed E-state index contributed by atoms with van der Waals surface area (Å²) < 4.78 is 28.0. The number of methoxy groups -OCH3 is 1. The SMILES string of the molecule is COc1ccc(Cn2nncc2CNCc2ccc(-c3ccc(N4C[C@H](CN(C(C)=O)c5ccccc5)OC4=O)cc3F)cc2)cc1. The van der Waals surface area contributed by atoms with Crippen LogP contribution in [0.3, 0.4) is 0 Å². The first-order valence-electron chi connectivity index (χ1n) is 15.3. The molecular weight excluding hydrogens is 599 g/mol. The molecule has 0 unspecified atom stereocenters. The van der Waals surface area contributed by atoms with E-state index in [4.69, 9.17) is 9.47 Å². The van der Waals surface area contributed by atoms with Gasteiger partial charge < -0.3 is 19.7 Å². The van der Waals surface area contributed by atoms with Gasteiger partial charge in [-0.05, 0) is 59.2 Å². The monoisotopic (exact) mass is 634 g/mol. The lowest BCUT2D eigenvalue weighted by Gasteiger charge is -2.23. The number of hydrogen-bond acceptors (Lipinski definition) is 7. The normalized spacial score (nSPS) is 14.2. The van der Waals surface area contributed by atoms with Crippen molar-refractivity contribution in [2.75, 3.05) is 30.0 Å². The molecule has 1 N–H and O–H groups in total. The minimum absolute atomic E-state index is 0.159. The molecule has 1 aromatic heterocycles. The number of ether oxygens (including phenoxy) is 2. The molecule has 1 aliphatic rings. The summed E-state index contributed by atoms with van der Waals surface area (Å²) in [5.41, 5.74) is 5.37. The summed E-state index contributed by atoms with van der Waals surface area (Å²) in [7, 11) is 1.64. The van der Waals surface area contributed by atoms with Crippen LogP contribution in [0.4, 0.5) is 20.6 Å². The molecule has 10 nitrogen and oxygen atoms in total. The number of anilines is 2. The summed E-state index contributed by atoms with van der Waals surface area (Å²) in [5.74, 6) is 0.201. The Balaban J connectivity index is 1.04. The number of carbonyl (C=O) groups excluding carboxylic acids is 2. The lowest BCUT2D eigenvalue weighted by atomic mass is 10.0. The minimum atomic E-state index is -0.574. The fourth-order valence-electron chi connectivity index (χ4n) is 5.55. The van der Waals surface area contributed by atoms with Crippen LogP contribution in [0.2, 0.25) is 0 Å². The predicted molar refractivity (Wildman–Crippen MR) is 177 cm³/mol. The molecule has 5 aromatic rings. The second-order valence-electron chi connectivity index (χ2n) is 11.3. The topological polar surface area (TPSA) is 102 Å². The molecule has 11 heteroatoms. The maximum absolute atomic E-state index is 15.4. The Morgan fingerprint density at radius 3 is 2.45 bits per heavy atom. The number of para-hydroxylation sites is 1. The van der Waals surface area contributed by atoms with Crippen LogP contribution in [0.15, 0.2) is 103 Å². The molecule has 240 valence electrons. The van der Waals surface area contributed by atoms with Crippen molar-refractivity contribution in [2.24, 2.45) is 0 Å². The van der Waals surface area contributed by atoms with Crippen molar-refractivity contribution < 1.29 is 23.5 Å². The summed E-state index contributed by atoms with van der Waals surface area (Å²) in [4.78, 5) is 28.0. The van der Waals surface area contributed by atoms with Gasteiger partial charge in [0, 0.05) is 31.3 Å². The van der Waals surface area contributed by atoms with E-state index in [-0.39, 0.29) is 19.0 Å². The molecule has 0 bridgehead atoms. The molecule has 0 aliphatic carbocycles. The largest absolute Gasteiger partial charge is 0.497 e. The number of nitrogens with zero attached hydrogens (tertiary/aromatic N) is 5. The van der Waals surface area contributed by atoms with Crippen LogP contribution in [0.1, 0.15) is 23.7 Å². The van der Waals surface area contributed by atoms with Crippen LogP contribution in [0.25, 0.3) is 11.1 Å². The smallest absolute Gasteiger partial charge is 0.414 e. The van der Waals surface area contributed by atoms with Gasteiger partial charge in [-0.1, -0.05) is 59.8 Å². The van der Waals surface area contributed by atoms with E-state index in [9.17, 15) is 9.59 Å². The van der Waals surface area contributed by atoms with Crippen molar-refractivity contribution in [3.63, 3.8) is 0 Å². The van der Waals surface area contributed by atoms with Crippen molar-refractivity contribution in [3.05, 3.63) is 126 Å². The number of carbonyl (C=O) groups is 2. The zero-order valence-electron chi connectivity index (χ0n) is 26.2. The Labute approximate surface area is 272 Å². The molecule has 2 amide bonds. The van der Waals surface area contributed by atoms with E-state index in [0.717, 1.165) is 33.8 Å². The van der Waals surface area contributed by atoms with Gasteiger partial charge in [-0.3, -0.25) is 9.69 Å². The van der Waals surface area contributed by atoms with Crippen molar-refractivity contribution >= 4 is 23.4 Å². The van der Waals surface area contributed by atoms with Gasteiger partial charge >= 0.3 is 6.09 Å². The maximum atomic E-state index is 15.4. The highest BCUT2D eigenvalue weighted by molar-refractivity contribution is 5.93. The summed E-state index contributed by atoms with van der Waals surface area (Å²) in [6.07, 6.45) is 0.621. The van der Waals surface area contributed by atoms with Crippen LogP contribution < -0.4 is 19.9 Å². The van der Waals surface area contributed by atoms with Gasteiger partial charge in [-0.25, -0.2) is 13.9 Å². The minimum Gasteiger partial charge on any atom is -0.497 e. The van der Waals surface area contributed by atoms with Crippen molar-refractivity contribution in [1.29, 1.82) is 0 Å². The van der Waals surface area contributed by atoms with E-state index in [1.165, 1.54) is 17.9 Å². The Kier molecular flexibility index (Phi) is 9.53. The number of rotatable bonds is 12. The molecule has 1 atom stereocenters. The van der Waals surface area contributed by atoms with E-state index in [0.29, 0.717) is 30.9 Å². The number of aromatic nitrogens is 3. The Bertz CT molecular complexity index is 1830. The highest BCUT2D eigenvalue weighted by Gasteiger charge is 2.34. The van der Waals surface area contributed by atoms with Crippen LogP contribution >= 0.6 is 0 Å². The van der Waals surface area contributed by atoms with Gasteiger partial charge in [0.15, 0.2) is 0 Å². The first-order valence-corrected chi connectivity index (χ1v) is 15.3. The summed E-state index contributed by atoms with van der Waals surface area (Å²) >= 11 is 0. The standard InChI is InChI=1S/C36H35FN6O4/c1-25(44)41(29-6-4-3-5-7-29)23-33-24-42(36(45)47-33)30-14-17-34(35(37)18-30)28-12-8-26(9-13-28)19-38-20-31-21-39-40-43(31)22-27-10-15-32(46-2)16-11-27/h3-18,21,33,38H,19-20,22-24H2,1-2H3/t33-/m0/s1. The molecule has 0 spiro atoms. The van der Waals surface area contributed by atoms with E-state index in [1.54, 1.807) is 30.3 Å². The van der Waals surface area contributed by atoms with Crippen molar-refractivity contribution in [2.45, 2.75) is 32.7 Å². The molecule has 4 aromatic carbocycles. The third-order valence-electron chi connectivity index (χ3n) is 8.06. The van der Waals surface area contributed by atoms with Gasteiger partial charge in [0.05, 0.1) is 44.3 Å².